The van der Waals surface area contributed by atoms with Gasteiger partial charge in [-0.15, -0.1) is 0 Å². The molecule has 0 spiro atoms. The number of benzene rings is 1. The van der Waals surface area contributed by atoms with Crippen molar-refractivity contribution in [1.82, 2.24) is 14.9 Å². The van der Waals surface area contributed by atoms with Crippen molar-refractivity contribution in [3.63, 3.8) is 0 Å². The lowest BCUT2D eigenvalue weighted by atomic mass is 10.0. The number of aromatic carboxylic acids is 1. The standard InChI is InChI=1S/C19H23ClN4O3/c1-2-27-17-9-13(3-4-16(17)20)12-24-7-5-15(6-8-24)23-19-21-10-14(11-22-19)18(25)26/h3-4,9-11,15H,2,5-8,12H2,1H3,(H,25,26)(H,21,22,23). The first-order valence-electron chi connectivity index (χ1n) is 9.00. The number of ether oxygens (including phenoxy) is 1. The molecule has 0 radical (unpaired) electrons. The topological polar surface area (TPSA) is 87.6 Å². The molecule has 2 N–H and O–H groups in total. The molecule has 0 aliphatic carbocycles. The summed E-state index contributed by atoms with van der Waals surface area (Å²) in [6.07, 6.45) is 4.58. The lowest BCUT2D eigenvalue weighted by molar-refractivity contribution is 0.0696. The summed E-state index contributed by atoms with van der Waals surface area (Å²) >= 11 is 6.15. The summed E-state index contributed by atoms with van der Waals surface area (Å²) in [5.41, 5.74) is 1.27. The number of halogens is 1. The maximum absolute atomic E-state index is 10.8. The van der Waals surface area contributed by atoms with Crippen LogP contribution in [0.25, 0.3) is 0 Å². The van der Waals surface area contributed by atoms with Crippen molar-refractivity contribution in [1.29, 1.82) is 0 Å². The van der Waals surface area contributed by atoms with E-state index in [1.165, 1.54) is 18.0 Å². The lowest BCUT2D eigenvalue weighted by Crippen LogP contribution is -2.39. The molecule has 0 unspecified atom stereocenters. The monoisotopic (exact) mass is 390 g/mol. The van der Waals surface area contributed by atoms with Crippen LogP contribution in [0.1, 0.15) is 35.7 Å². The predicted octanol–water partition coefficient (Wildman–Crippen LogP) is 3.30. The minimum atomic E-state index is -1.02. The van der Waals surface area contributed by atoms with Crippen LogP contribution in [0.4, 0.5) is 5.95 Å². The first-order valence-corrected chi connectivity index (χ1v) is 9.38. The van der Waals surface area contributed by atoms with E-state index in [1.807, 2.05) is 25.1 Å². The van der Waals surface area contributed by atoms with Crippen LogP contribution in [-0.4, -0.2) is 51.7 Å². The highest BCUT2D eigenvalue weighted by atomic mass is 35.5. The number of nitrogens with one attached hydrogen (secondary N) is 1. The van der Waals surface area contributed by atoms with Gasteiger partial charge in [0.25, 0.3) is 0 Å². The molecule has 1 aromatic carbocycles. The Morgan fingerprint density at radius 1 is 1.33 bits per heavy atom. The van der Waals surface area contributed by atoms with Gasteiger partial charge in [0.15, 0.2) is 0 Å². The number of hydrogen-bond acceptors (Lipinski definition) is 6. The smallest absolute Gasteiger partial charge is 0.338 e. The van der Waals surface area contributed by atoms with Crippen molar-refractivity contribution in [2.24, 2.45) is 0 Å². The first kappa shape index (κ1) is 19.4. The second kappa shape index (κ2) is 9.01. The number of carboxylic acids is 1. The van der Waals surface area contributed by atoms with Crippen LogP contribution in [-0.2, 0) is 6.54 Å². The Bertz CT molecular complexity index is 777. The SMILES string of the molecule is CCOc1cc(CN2CCC(Nc3ncc(C(=O)O)cn3)CC2)ccc1Cl. The fraction of sp³-hybridized carbons (Fsp3) is 0.421. The molecule has 144 valence electrons. The molecule has 0 amide bonds. The van der Waals surface area contributed by atoms with Crippen molar-refractivity contribution in [3.8, 4) is 5.75 Å². The molecule has 8 heteroatoms. The summed E-state index contributed by atoms with van der Waals surface area (Å²) in [5, 5.41) is 12.8. The van der Waals surface area contributed by atoms with Crippen molar-refractivity contribution >= 4 is 23.5 Å². The molecule has 0 atom stereocenters. The van der Waals surface area contributed by atoms with E-state index >= 15 is 0 Å². The summed E-state index contributed by atoms with van der Waals surface area (Å²) < 4.78 is 5.56. The average molecular weight is 391 g/mol. The highest BCUT2D eigenvalue weighted by Crippen LogP contribution is 2.26. The predicted molar refractivity (Wildman–Crippen MR) is 104 cm³/mol. The van der Waals surface area contributed by atoms with Crippen LogP contribution in [0.2, 0.25) is 5.02 Å². The van der Waals surface area contributed by atoms with E-state index in [0.29, 0.717) is 17.6 Å². The summed E-state index contributed by atoms with van der Waals surface area (Å²) in [6.45, 7) is 5.30. The van der Waals surface area contributed by atoms with Crippen LogP contribution in [0.15, 0.2) is 30.6 Å². The molecule has 2 heterocycles. The number of rotatable bonds is 7. The van der Waals surface area contributed by atoms with Gasteiger partial charge in [-0.2, -0.15) is 0 Å². The van der Waals surface area contributed by atoms with E-state index in [0.717, 1.165) is 38.2 Å². The molecule has 27 heavy (non-hydrogen) atoms. The van der Waals surface area contributed by atoms with Gasteiger partial charge in [0.1, 0.15) is 5.75 Å². The number of carboxylic acid groups (broad SMARTS) is 1. The summed E-state index contributed by atoms with van der Waals surface area (Å²) in [4.78, 5) is 21.4. The molecular weight excluding hydrogens is 368 g/mol. The maximum Gasteiger partial charge on any atom is 0.338 e. The quantitative estimate of drug-likeness (QED) is 0.749. The van der Waals surface area contributed by atoms with Gasteiger partial charge in [0, 0.05) is 38.1 Å². The van der Waals surface area contributed by atoms with Gasteiger partial charge in [0.05, 0.1) is 17.2 Å². The van der Waals surface area contributed by atoms with Gasteiger partial charge in [-0.3, -0.25) is 4.90 Å². The van der Waals surface area contributed by atoms with Gasteiger partial charge in [0.2, 0.25) is 5.95 Å². The number of hydrogen-bond donors (Lipinski definition) is 2. The van der Waals surface area contributed by atoms with Gasteiger partial charge < -0.3 is 15.2 Å². The zero-order valence-corrected chi connectivity index (χ0v) is 15.9. The van der Waals surface area contributed by atoms with E-state index in [2.05, 4.69) is 20.2 Å². The van der Waals surface area contributed by atoms with Gasteiger partial charge in [-0.25, -0.2) is 14.8 Å². The fourth-order valence-corrected chi connectivity index (χ4v) is 3.27. The molecule has 3 rings (SSSR count). The Balaban J connectivity index is 1.50. The Morgan fingerprint density at radius 3 is 2.67 bits per heavy atom. The summed E-state index contributed by atoms with van der Waals surface area (Å²) in [7, 11) is 0. The largest absolute Gasteiger partial charge is 0.492 e. The van der Waals surface area contributed by atoms with Crippen molar-refractivity contribution < 1.29 is 14.6 Å². The highest BCUT2D eigenvalue weighted by molar-refractivity contribution is 6.32. The molecule has 0 bridgehead atoms. The number of carbonyl (C=O) groups is 1. The average Bonchev–Trinajstić information content (AvgIpc) is 2.67. The minimum absolute atomic E-state index is 0.0877. The second-order valence-corrected chi connectivity index (χ2v) is 6.90. The highest BCUT2D eigenvalue weighted by Gasteiger charge is 2.20. The lowest BCUT2D eigenvalue weighted by Gasteiger charge is -2.32. The number of likely N-dealkylation sites (tertiary alicyclic amines) is 1. The number of aromatic nitrogens is 2. The van der Waals surface area contributed by atoms with Crippen LogP contribution < -0.4 is 10.1 Å². The Labute approximate surface area is 163 Å². The Kier molecular flexibility index (Phi) is 6.47. The third-order valence-electron chi connectivity index (χ3n) is 4.52. The van der Waals surface area contributed by atoms with E-state index < -0.39 is 5.97 Å². The fourth-order valence-electron chi connectivity index (χ4n) is 3.10. The molecule has 1 aliphatic rings. The molecule has 2 aromatic rings. The van der Waals surface area contributed by atoms with Crippen LogP contribution >= 0.6 is 11.6 Å². The van der Waals surface area contributed by atoms with Gasteiger partial charge in [-0.1, -0.05) is 17.7 Å². The van der Waals surface area contributed by atoms with Crippen LogP contribution in [0.3, 0.4) is 0 Å². The molecule has 1 aromatic heterocycles. The normalized spacial score (nSPS) is 15.5. The third kappa shape index (κ3) is 5.30. The maximum atomic E-state index is 10.8. The van der Waals surface area contributed by atoms with E-state index in [9.17, 15) is 4.79 Å². The molecule has 0 saturated carbocycles. The summed E-state index contributed by atoms with van der Waals surface area (Å²) in [5.74, 6) is 0.178. The zero-order chi connectivity index (χ0) is 19.2. The van der Waals surface area contributed by atoms with Gasteiger partial charge in [-0.05, 0) is 37.5 Å². The van der Waals surface area contributed by atoms with Gasteiger partial charge >= 0.3 is 5.97 Å². The third-order valence-corrected chi connectivity index (χ3v) is 4.83. The summed E-state index contributed by atoms with van der Waals surface area (Å²) in [6, 6.07) is 6.20. The van der Waals surface area contributed by atoms with E-state index in [1.54, 1.807) is 0 Å². The number of anilines is 1. The minimum Gasteiger partial charge on any atom is -0.492 e. The number of nitrogens with zero attached hydrogens (tertiary/aromatic N) is 3. The van der Waals surface area contributed by atoms with Crippen LogP contribution in [0.5, 0.6) is 5.75 Å². The van der Waals surface area contributed by atoms with E-state index in [-0.39, 0.29) is 11.6 Å². The Morgan fingerprint density at radius 2 is 2.04 bits per heavy atom. The Hall–Kier alpha value is -2.38. The van der Waals surface area contributed by atoms with Crippen molar-refractivity contribution in [2.75, 3.05) is 25.0 Å². The van der Waals surface area contributed by atoms with Crippen molar-refractivity contribution in [2.45, 2.75) is 32.4 Å². The molecule has 1 aliphatic heterocycles. The molecule has 1 fully saturated rings. The van der Waals surface area contributed by atoms with Crippen molar-refractivity contribution in [3.05, 3.63) is 46.7 Å². The molecule has 7 nitrogen and oxygen atoms in total. The van der Waals surface area contributed by atoms with Crippen LogP contribution in [0, 0.1) is 0 Å². The second-order valence-electron chi connectivity index (χ2n) is 6.49. The molecular formula is C19H23ClN4O3. The zero-order valence-electron chi connectivity index (χ0n) is 15.2. The number of piperidine rings is 1. The van der Waals surface area contributed by atoms with E-state index in [4.69, 9.17) is 21.4 Å². The first-order chi connectivity index (χ1) is 13.0. The molecule has 1 saturated heterocycles.